The minimum Gasteiger partial charge on any atom is -0.364 e. The second kappa shape index (κ2) is 4.78. The van der Waals surface area contributed by atoms with Crippen molar-refractivity contribution >= 4 is 32.8 Å². The number of nitrogens with one attached hydrogen (secondary N) is 2. The molecule has 0 bridgehead atoms. The molecule has 3 rings (SSSR count). The van der Waals surface area contributed by atoms with Crippen molar-refractivity contribution in [2.45, 2.75) is 6.54 Å². The molecule has 1 aromatic carbocycles. The van der Waals surface area contributed by atoms with Crippen LogP contribution in [0.15, 0.2) is 47.3 Å². The van der Waals surface area contributed by atoms with E-state index in [1.807, 2.05) is 24.4 Å². The van der Waals surface area contributed by atoms with E-state index in [9.17, 15) is 0 Å². The summed E-state index contributed by atoms with van der Waals surface area (Å²) in [5, 5.41) is 3.31. The van der Waals surface area contributed by atoms with Crippen molar-refractivity contribution in [2.75, 3.05) is 5.32 Å². The van der Waals surface area contributed by atoms with Gasteiger partial charge >= 0.3 is 0 Å². The molecule has 0 aliphatic rings. The molecule has 0 aliphatic carbocycles. The van der Waals surface area contributed by atoms with Crippen LogP contribution >= 0.6 is 15.9 Å². The van der Waals surface area contributed by atoms with Gasteiger partial charge in [-0.3, -0.25) is 0 Å². The number of benzene rings is 1. The van der Waals surface area contributed by atoms with Crippen molar-refractivity contribution in [3.05, 3.63) is 52.9 Å². The van der Waals surface area contributed by atoms with Crippen molar-refractivity contribution < 1.29 is 0 Å². The molecular weight excluding hydrogens is 292 g/mol. The van der Waals surface area contributed by atoms with Crippen LogP contribution in [-0.2, 0) is 6.54 Å². The van der Waals surface area contributed by atoms with E-state index in [4.69, 9.17) is 0 Å². The van der Waals surface area contributed by atoms with Gasteiger partial charge in [-0.15, -0.1) is 0 Å². The Morgan fingerprint density at radius 2 is 2.00 bits per heavy atom. The van der Waals surface area contributed by atoms with Crippen molar-refractivity contribution in [3.63, 3.8) is 0 Å². The second-order valence-electron chi connectivity index (χ2n) is 3.92. The minimum atomic E-state index is 0.740. The zero-order valence-corrected chi connectivity index (χ0v) is 11.1. The van der Waals surface area contributed by atoms with Crippen molar-refractivity contribution in [3.8, 4) is 0 Å². The fourth-order valence-corrected chi connectivity index (χ4v) is 2.24. The lowest BCUT2D eigenvalue weighted by molar-refractivity contribution is 1.10. The standard InChI is InChI=1S/C13H11BrN4/c14-10-7-15-12-11(10)17-8-18-13(12)16-6-9-4-2-1-3-5-9/h1-5,7-8,15H,6H2,(H,16,17,18). The van der Waals surface area contributed by atoms with Gasteiger partial charge < -0.3 is 10.3 Å². The Bertz CT molecular complexity index is 663. The summed E-state index contributed by atoms with van der Waals surface area (Å²) >= 11 is 3.45. The molecule has 3 aromatic rings. The maximum atomic E-state index is 4.26. The van der Waals surface area contributed by atoms with Crippen LogP contribution in [-0.4, -0.2) is 15.0 Å². The van der Waals surface area contributed by atoms with E-state index >= 15 is 0 Å². The van der Waals surface area contributed by atoms with Crippen molar-refractivity contribution in [1.29, 1.82) is 0 Å². The zero-order valence-electron chi connectivity index (χ0n) is 9.52. The lowest BCUT2D eigenvalue weighted by atomic mass is 10.2. The van der Waals surface area contributed by atoms with E-state index in [0.29, 0.717) is 0 Å². The third kappa shape index (κ3) is 2.09. The molecule has 18 heavy (non-hydrogen) atoms. The van der Waals surface area contributed by atoms with Crippen LogP contribution in [0, 0.1) is 0 Å². The van der Waals surface area contributed by atoms with Gasteiger partial charge in [0.15, 0.2) is 5.82 Å². The Kier molecular flexibility index (Phi) is 2.98. The SMILES string of the molecule is Brc1c[nH]c2c(NCc3ccccc3)ncnc12. The summed E-state index contributed by atoms with van der Waals surface area (Å²) in [7, 11) is 0. The molecule has 2 heterocycles. The molecule has 0 amide bonds. The predicted octanol–water partition coefficient (Wildman–Crippen LogP) is 3.33. The van der Waals surface area contributed by atoms with Crippen molar-refractivity contribution in [1.82, 2.24) is 15.0 Å². The van der Waals surface area contributed by atoms with Gasteiger partial charge in [0.2, 0.25) is 0 Å². The number of hydrogen-bond acceptors (Lipinski definition) is 3. The number of aromatic nitrogens is 3. The van der Waals surface area contributed by atoms with Crippen LogP contribution < -0.4 is 5.32 Å². The van der Waals surface area contributed by atoms with E-state index in [1.54, 1.807) is 6.33 Å². The molecule has 0 radical (unpaired) electrons. The summed E-state index contributed by atoms with van der Waals surface area (Å²) in [5.74, 6) is 0.814. The molecule has 0 fully saturated rings. The van der Waals surface area contributed by atoms with Gasteiger partial charge in [-0.2, -0.15) is 0 Å². The molecule has 0 spiro atoms. The van der Waals surface area contributed by atoms with E-state index < -0.39 is 0 Å². The van der Waals surface area contributed by atoms with Crippen LogP contribution in [0.3, 0.4) is 0 Å². The Morgan fingerprint density at radius 3 is 2.83 bits per heavy atom. The number of rotatable bonds is 3. The van der Waals surface area contributed by atoms with Crippen LogP contribution in [0.2, 0.25) is 0 Å². The maximum Gasteiger partial charge on any atom is 0.154 e. The van der Waals surface area contributed by atoms with E-state index in [-0.39, 0.29) is 0 Å². The Morgan fingerprint density at radius 1 is 1.17 bits per heavy atom. The molecule has 0 atom stereocenters. The zero-order chi connectivity index (χ0) is 12.4. The topological polar surface area (TPSA) is 53.6 Å². The highest BCUT2D eigenvalue weighted by Crippen LogP contribution is 2.25. The maximum absolute atomic E-state index is 4.26. The Hall–Kier alpha value is -1.88. The summed E-state index contributed by atoms with van der Waals surface area (Å²) in [6, 6.07) is 10.2. The first-order chi connectivity index (χ1) is 8.84. The summed E-state index contributed by atoms with van der Waals surface area (Å²) in [6.07, 6.45) is 3.43. The van der Waals surface area contributed by atoms with Gasteiger partial charge in [0, 0.05) is 12.7 Å². The summed E-state index contributed by atoms with van der Waals surface area (Å²) < 4.78 is 0.947. The summed E-state index contributed by atoms with van der Waals surface area (Å²) in [6.45, 7) is 0.740. The number of hydrogen-bond donors (Lipinski definition) is 2. The number of nitrogens with zero attached hydrogens (tertiary/aromatic N) is 2. The van der Waals surface area contributed by atoms with Gasteiger partial charge in [-0.25, -0.2) is 9.97 Å². The Balaban J connectivity index is 1.87. The van der Waals surface area contributed by atoms with E-state index in [2.05, 4.69) is 48.3 Å². The molecule has 90 valence electrons. The third-order valence-corrected chi connectivity index (χ3v) is 3.32. The molecule has 2 aromatic heterocycles. The van der Waals surface area contributed by atoms with Crippen molar-refractivity contribution in [2.24, 2.45) is 0 Å². The normalized spacial score (nSPS) is 10.7. The molecule has 0 aliphatic heterocycles. The molecule has 0 saturated heterocycles. The highest BCUT2D eigenvalue weighted by molar-refractivity contribution is 9.10. The molecule has 5 heteroatoms. The van der Waals surface area contributed by atoms with E-state index in [0.717, 1.165) is 27.9 Å². The Labute approximate surface area is 113 Å². The first-order valence-electron chi connectivity index (χ1n) is 5.60. The highest BCUT2D eigenvalue weighted by Gasteiger charge is 2.07. The van der Waals surface area contributed by atoms with Crippen LogP contribution in [0.4, 0.5) is 5.82 Å². The number of anilines is 1. The number of H-pyrrole nitrogens is 1. The van der Waals surface area contributed by atoms with Gasteiger partial charge in [-0.1, -0.05) is 30.3 Å². The van der Waals surface area contributed by atoms with Crippen LogP contribution in [0.25, 0.3) is 11.0 Å². The number of fused-ring (bicyclic) bond motifs is 1. The fourth-order valence-electron chi connectivity index (χ4n) is 1.82. The lowest BCUT2D eigenvalue weighted by Crippen LogP contribution is -2.02. The largest absolute Gasteiger partial charge is 0.364 e. The molecule has 4 nitrogen and oxygen atoms in total. The van der Waals surface area contributed by atoms with Gasteiger partial charge in [-0.05, 0) is 21.5 Å². The average molecular weight is 303 g/mol. The van der Waals surface area contributed by atoms with E-state index in [1.165, 1.54) is 5.56 Å². The molecular formula is C13H11BrN4. The summed E-state index contributed by atoms with van der Waals surface area (Å²) in [5.41, 5.74) is 3.02. The van der Waals surface area contributed by atoms with Gasteiger partial charge in [0.1, 0.15) is 17.4 Å². The number of aromatic amines is 1. The minimum absolute atomic E-state index is 0.740. The predicted molar refractivity (Wildman–Crippen MR) is 75.4 cm³/mol. The van der Waals surface area contributed by atoms with Crippen LogP contribution in [0.5, 0.6) is 0 Å². The molecule has 0 saturated carbocycles. The van der Waals surface area contributed by atoms with Gasteiger partial charge in [0.05, 0.1) is 4.47 Å². The monoisotopic (exact) mass is 302 g/mol. The first kappa shape index (κ1) is 11.2. The van der Waals surface area contributed by atoms with Crippen LogP contribution in [0.1, 0.15) is 5.56 Å². The lowest BCUT2D eigenvalue weighted by Gasteiger charge is -2.06. The fraction of sp³-hybridized carbons (Fsp3) is 0.0769. The second-order valence-corrected chi connectivity index (χ2v) is 4.78. The number of halogens is 1. The summed E-state index contributed by atoms with van der Waals surface area (Å²) in [4.78, 5) is 11.6. The average Bonchev–Trinajstić information content (AvgIpc) is 2.80. The third-order valence-electron chi connectivity index (χ3n) is 2.72. The first-order valence-corrected chi connectivity index (χ1v) is 6.39. The molecule has 0 unspecified atom stereocenters. The van der Waals surface area contributed by atoms with Gasteiger partial charge in [0.25, 0.3) is 0 Å². The molecule has 2 N–H and O–H groups in total. The smallest absolute Gasteiger partial charge is 0.154 e. The highest BCUT2D eigenvalue weighted by atomic mass is 79.9. The quantitative estimate of drug-likeness (QED) is 0.780.